The lowest BCUT2D eigenvalue weighted by molar-refractivity contribution is 0.186. The molecule has 1 aliphatic heterocycles. The Bertz CT molecular complexity index is 948. The number of piperidine rings is 1. The topological polar surface area (TPSA) is 103 Å². The molecule has 0 aromatic carbocycles. The van der Waals surface area contributed by atoms with Gasteiger partial charge in [0.2, 0.25) is 0 Å². The first-order chi connectivity index (χ1) is 15.2. The van der Waals surface area contributed by atoms with Gasteiger partial charge in [0.05, 0.1) is 17.1 Å². The van der Waals surface area contributed by atoms with Gasteiger partial charge in [-0.3, -0.25) is 0 Å². The SMILES string of the molecule is CC(C)(C)[S@@+]([O-])N[C@@H]1CCCC12CCN(c1cnc(Sc3cccnc3Cl)c(N)n1)CC2. The lowest BCUT2D eigenvalue weighted by Crippen LogP contribution is -2.53. The maximum atomic E-state index is 12.7. The molecule has 4 rings (SSSR count). The van der Waals surface area contributed by atoms with Gasteiger partial charge in [0.25, 0.3) is 0 Å². The Hall–Kier alpha value is -1.26. The summed E-state index contributed by atoms with van der Waals surface area (Å²) in [5, 5.41) is 1.05. The van der Waals surface area contributed by atoms with E-state index in [1.165, 1.54) is 24.6 Å². The van der Waals surface area contributed by atoms with Crippen LogP contribution in [0.15, 0.2) is 34.4 Å². The molecule has 7 nitrogen and oxygen atoms in total. The molecule has 3 N–H and O–H groups in total. The van der Waals surface area contributed by atoms with Crippen LogP contribution >= 0.6 is 23.4 Å². The summed E-state index contributed by atoms with van der Waals surface area (Å²) < 4.78 is 15.9. The Morgan fingerprint density at radius 3 is 2.69 bits per heavy atom. The summed E-state index contributed by atoms with van der Waals surface area (Å²) >= 11 is 6.48. The zero-order valence-corrected chi connectivity index (χ0v) is 21.2. The largest absolute Gasteiger partial charge is 0.598 e. The monoisotopic (exact) mass is 494 g/mol. The molecule has 174 valence electrons. The molecular weight excluding hydrogens is 464 g/mol. The van der Waals surface area contributed by atoms with E-state index in [9.17, 15) is 4.55 Å². The molecule has 2 aliphatic rings. The Kier molecular flexibility index (Phi) is 7.12. The van der Waals surface area contributed by atoms with Crippen LogP contribution < -0.4 is 15.4 Å². The van der Waals surface area contributed by atoms with Crippen molar-refractivity contribution in [3.8, 4) is 0 Å². The van der Waals surface area contributed by atoms with Gasteiger partial charge in [-0.25, -0.2) is 15.0 Å². The van der Waals surface area contributed by atoms with Gasteiger partial charge in [-0.2, -0.15) is 0 Å². The molecule has 1 aliphatic carbocycles. The van der Waals surface area contributed by atoms with Crippen molar-refractivity contribution in [2.45, 2.75) is 73.6 Å². The van der Waals surface area contributed by atoms with E-state index in [0.717, 1.165) is 43.1 Å². The molecule has 10 heteroatoms. The van der Waals surface area contributed by atoms with Gasteiger partial charge in [0, 0.05) is 30.6 Å². The predicted octanol–water partition coefficient (Wildman–Crippen LogP) is 4.45. The normalized spacial score (nSPS) is 21.8. The summed E-state index contributed by atoms with van der Waals surface area (Å²) in [6.45, 7) is 7.86. The number of nitrogens with one attached hydrogen (secondary N) is 1. The molecule has 2 aromatic heterocycles. The van der Waals surface area contributed by atoms with Crippen molar-refractivity contribution in [1.29, 1.82) is 0 Å². The van der Waals surface area contributed by atoms with Crippen molar-refractivity contribution in [1.82, 2.24) is 19.7 Å². The zero-order chi connectivity index (χ0) is 22.9. The first kappa shape index (κ1) is 23.9. The number of rotatable bonds is 5. The van der Waals surface area contributed by atoms with Crippen LogP contribution in [0.4, 0.5) is 11.6 Å². The first-order valence-electron chi connectivity index (χ1n) is 11.0. The molecule has 1 saturated heterocycles. The standard InChI is InChI=1S/C22H31ClN6OS2/c1-21(2,3)32(30)28-16-7-4-8-22(16)9-12-29(13-10-22)17-14-26-20(19(24)27-17)31-15-6-5-11-25-18(15)23/h5-6,11,14,16,28H,4,7-10,12-13H2,1-3H3,(H2,24,27)/t16-,32-/m1/s1. The second-order valence-corrected chi connectivity index (χ2v) is 13.0. The van der Waals surface area contributed by atoms with Crippen molar-refractivity contribution in [3.05, 3.63) is 29.7 Å². The van der Waals surface area contributed by atoms with Crippen LogP contribution in [-0.4, -0.2) is 43.4 Å². The minimum absolute atomic E-state index is 0.212. The molecule has 2 atom stereocenters. The molecule has 0 unspecified atom stereocenters. The van der Waals surface area contributed by atoms with Crippen LogP contribution in [-0.2, 0) is 11.4 Å². The fourth-order valence-electron chi connectivity index (χ4n) is 4.57. The summed E-state index contributed by atoms with van der Waals surface area (Å²) in [5.74, 6) is 1.20. The van der Waals surface area contributed by atoms with Gasteiger partial charge >= 0.3 is 0 Å². The number of hydrogen-bond donors (Lipinski definition) is 2. The number of nitrogen functional groups attached to an aromatic ring is 1. The van der Waals surface area contributed by atoms with Gasteiger partial charge in [0.1, 0.15) is 20.7 Å². The van der Waals surface area contributed by atoms with Crippen LogP contribution in [0.1, 0.15) is 52.9 Å². The summed E-state index contributed by atoms with van der Waals surface area (Å²) in [5.41, 5.74) is 6.44. The number of pyridine rings is 1. The fourth-order valence-corrected chi connectivity index (χ4v) is 6.54. The van der Waals surface area contributed by atoms with Gasteiger partial charge in [-0.05, 0) is 64.0 Å². The number of halogens is 1. The van der Waals surface area contributed by atoms with Gasteiger partial charge < -0.3 is 15.2 Å². The summed E-state index contributed by atoms with van der Waals surface area (Å²) in [6.07, 6.45) is 9.02. The highest BCUT2D eigenvalue weighted by atomic mass is 35.5. The van der Waals surface area contributed by atoms with E-state index in [0.29, 0.717) is 22.0 Å². The van der Waals surface area contributed by atoms with E-state index in [1.807, 2.05) is 32.9 Å². The maximum absolute atomic E-state index is 12.7. The predicted molar refractivity (Wildman–Crippen MR) is 132 cm³/mol. The van der Waals surface area contributed by atoms with Crippen LogP contribution in [0, 0.1) is 5.41 Å². The van der Waals surface area contributed by atoms with Gasteiger partial charge in [-0.1, -0.05) is 29.8 Å². The minimum atomic E-state index is -1.04. The second-order valence-electron chi connectivity index (χ2n) is 9.61. The Morgan fingerprint density at radius 2 is 2.03 bits per heavy atom. The van der Waals surface area contributed by atoms with Crippen LogP contribution in [0.25, 0.3) is 0 Å². The molecule has 2 aromatic rings. The van der Waals surface area contributed by atoms with Crippen molar-refractivity contribution in [3.63, 3.8) is 0 Å². The lowest BCUT2D eigenvalue weighted by atomic mass is 9.74. The van der Waals surface area contributed by atoms with Crippen molar-refractivity contribution < 1.29 is 4.55 Å². The van der Waals surface area contributed by atoms with Crippen molar-refractivity contribution in [2.24, 2.45) is 5.41 Å². The number of aromatic nitrogens is 3. The van der Waals surface area contributed by atoms with Crippen molar-refractivity contribution in [2.75, 3.05) is 23.7 Å². The van der Waals surface area contributed by atoms with Gasteiger partial charge in [-0.15, -0.1) is 4.72 Å². The average Bonchev–Trinajstić information content (AvgIpc) is 3.12. The molecule has 0 bridgehead atoms. The average molecular weight is 495 g/mol. The molecule has 0 amide bonds. The molecule has 2 fully saturated rings. The van der Waals surface area contributed by atoms with E-state index in [1.54, 1.807) is 12.4 Å². The molecule has 3 heterocycles. The lowest BCUT2D eigenvalue weighted by Gasteiger charge is -2.44. The molecule has 1 spiro atoms. The van der Waals surface area contributed by atoms with E-state index in [2.05, 4.69) is 24.6 Å². The Labute approximate surface area is 202 Å². The number of hydrogen-bond acceptors (Lipinski definition) is 8. The highest BCUT2D eigenvalue weighted by Crippen LogP contribution is 2.47. The third kappa shape index (κ3) is 5.12. The third-order valence-electron chi connectivity index (χ3n) is 6.48. The van der Waals surface area contributed by atoms with Crippen molar-refractivity contribution >= 4 is 46.4 Å². The minimum Gasteiger partial charge on any atom is -0.598 e. The van der Waals surface area contributed by atoms with E-state index in [-0.39, 0.29) is 10.2 Å². The summed E-state index contributed by atoms with van der Waals surface area (Å²) in [4.78, 5) is 16.3. The van der Waals surface area contributed by atoms with Crippen LogP contribution in [0.2, 0.25) is 5.15 Å². The second kappa shape index (κ2) is 9.54. The molecule has 32 heavy (non-hydrogen) atoms. The number of nitrogens with two attached hydrogens (primary N) is 1. The Morgan fingerprint density at radius 1 is 1.28 bits per heavy atom. The number of anilines is 2. The van der Waals surface area contributed by atoms with Crippen LogP contribution in [0.5, 0.6) is 0 Å². The third-order valence-corrected chi connectivity index (χ3v) is 9.56. The summed E-state index contributed by atoms with van der Waals surface area (Å²) in [7, 11) is 0. The smallest absolute Gasteiger partial charge is 0.158 e. The fraction of sp³-hybridized carbons (Fsp3) is 0.591. The molecule has 1 saturated carbocycles. The maximum Gasteiger partial charge on any atom is 0.158 e. The zero-order valence-electron chi connectivity index (χ0n) is 18.8. The highest BCUT2D eigenvalue weighted by Gasteiger charge is 2.47. The van der Waals surface area contributed by atoms with Crippen LogP contribution in [0.3, 0.4) is 0 Å². The highest BCUT2D eigenvalue weighted by molar-refractivity contribution is 7.99. The number of nitrogens with zero attached hydrogens (tertiary/aromatic N) is 4. The van der Waals surface area contributed by atoms with E-state index in [4.69, 9.17) is 17.3 Å². The first-order valence-corrected chi connectivity index (χ1v) is 13.4. The van der Waals surface area contributed by atoms with E-state index >= 15 is 0 Å². The summed E-state index contributed by atoms with van der Waals surface area (Å²) in [6, 6.07) is 4.03. The van der Waals surface area contributed by atoms with E-state index < -0.39 is 11.4 Å². The Balaban J connectivity index is 1.41. The molecule has 0 radical (unpaired) electrons. The van der Waals surface area contributed by atoms with Gasteiger partial charge in [0.15, 0.2) is 5.82 Å². The quantitative estimate of drug-likeness (QED) is 0.464. The molecular formula is C22H31ClN6OS2.